The number of nitrogens with zero attached hydrogens (tertiary/aromatic N) is 5. The summed E-state index contributed by atoms with van der Waals surface area (Å²) in [6, 6.07) is 0.422. The van der Waals surface area contributed by atoms with Gasteiger partial charge in [-0.1, -0.05) is 12.8 Å². The number of hydrogen-bond acceptors (Lipinski definition) is 5. The van der Waals surface area contributed by atoms with Crippen molar-refractivity contribution in [2.45, 2.75) is 57.9 Å². The third kappa shape index (κ3) is 3.52. The first kappa shape index (κ1) is 17.2. The number of piperidine rings is 1. The second kappa shape index (κ2) is 7.21. The van der Waals surface area contributed by atoms with Crippen LogP contribution in [-0.2, 0) is 11.8 Å². The first-order valence-corrected chi connectivity index (χ1v) is 9.81. The summed E-state index contributed by atoms with van der Waals surface area (Å²) in [5.74, 6) is 2.46. The maximum absolute atomic E-state index is 12.3. The minimum Gasteiger partial charge on any atom is -0.356 e. The number of aromatic nitrogens is 4. The highest BCUT2D eigenvalue weighted by Crippen LogP contribution is 2.29. The number of anilines is 1. The molecule has 0 atom stereocenters. The number of amides is 1. The first-order chi connectivity index (χ1) is 12.6. The van der Waals surface area contributed by atoms with E-state index in [2.05, 4.69) is 25.3 Å². The molecule has 2 aromatic rings. The highest BCUT2D eigenvalue weighted by Gasteiger charge is 2.25. The van der Waals surface area contributed by atoms with Crippen molar-refractivity contribution in [1.29, 1.82) is 0 Å². The molecule has 4 rings (SSSR count). The smallest absolute Gasteiger partial charge is 0.220 e. The lowest BCUT2D eigenvalue weighted by atomic mass is 9.93. The van der Waals surface area contributed by atoms with E-state index in [1.54, 1.807) is 4.68 Å². The summed E-state index contributed by atoms with van der Waals surface area (Å²) in [6.45, 7) is 3.79. The summed E-state index contributed by atoms with van der Waals surface area (Å²) in [5, 5.41) is 8.56. The van der Waals surface area contributed by atoms with Gasteiger partial charge in [0.2, 0.25) is 5.91 Å². The molecule has 1 amide bonds. The van der Waals surface area contributed by atoms with Gasteiger partial charge in [0.1, 0.15) is 11.6 Å². The lowest BCUT2D eigenvalue weighted by molar-refractivity contribution is -0.122. The quantitative estimate of drug-likeness (QED) is 0.910. The Hall–Kier alpha value is -2.18. The minimum atomic E-state index is 0.239. The van der Waals surface area contributed by atoms with Crippen LogP contribution in [0.1, 0.15) is 50.8 Å². The Morgan fingerprint density at radius 1 is 1.19 bits per heavy atom. The van der Waals surface area contributed by atoms with Crippen LogP contribution in [0.4, 0.5) is 5.82 Å². The summed E-state index contributed by atoms with van der Waals surface area (Å²) >= 11 is 0. The lowest BCUT2D eigenvalue weighted by Crippen LogP contribution is -2.38. The van der Waals surface area contributed by atoms with Crippen LogP contribution in [-0.4, -0.2) is 44.8 Å². The van der Waals surface area contributed by atoms with Crippen LogP contribution in [0.5, 0.6) is 0 Å². The molecule has 1 N–H and O–H groups in total. The molecule has 0 radical (unpaired) electrons. The van der Waals surface area contributed by atoms with E-state index in [-0.39, 0.29) is 5.91 Å². The molecule has 0 unspecified atom stereocenters. The number of fused-ring (bicyclic) bond motifs is 1. The molecule has 0 spiro atoms. The maximum Gasteiger partial charge on any atom is 0.220 e. The Morgan fingerprint density at radius 3 is 2.65 bits per heavy atom. The monoisotopic (exact) mass is 356 g/mol. The van der Waals surface area contributed by atoms with Gasteiger partial charge in [0, 0.05) is 32.6 Å². The summed E-state index contributed by atoms with van der Waals surface area (Å²) in [4.78, 5) is 23.8. The van der Waals surface area contributed by atoms with Gasteiger partial charge in [-0.3, -0.25) is 9.48 Å². The molecule has 2 aliphatic rings. The molecule has 1 saturated heterocycles. The van der Waals surface area contributed by atoms with Crippen molar-refractivity contribution < 1.29 is 4.79 Å². The predicted molar refractivity (Wildman–Crippen MR) is 101 cm³/mol. The Balaban J connectivity index is 1.37. The van der Waals surface area contributed by atoms with Crippen molar-refractivity contribution >= 4 is 22.8 Å². The van der Waals surface area contributed by atoms with Crippen LogP contribution in [0.25, 0.3) is 11.0 Å². The van der Waals surface area contributed by atoms with E-state index in [4.69, 9.17) is 0 Å². The fourth-order valence-corrected chi connectivity index (χ4v) is 4.32. The Bertz CT molecular complexity index is 787. The molecule has 1 aliphatic carbocycles. The molecule has 1 aliphatic heterocycles. The summed E-state index contributed by atoms with van der Waals surface area (Å²) in [5.41, 5.74) is 0.880. The summed E-state index contributed by atoms with van der Waals surface area (Å²) < 4.78 is 1.80. The molecule has 0 aromatic carbocycles. The number of carbonyl (C=O) groups excluding carboxylic acids is 1. The van der Waals surface area contributed by atoms with Crippen molar-refractivity contribution in [1.82, 2.24) is 25.1 Å². The average Bonchev–Trinajstić information content (AvgIpc) is 3.25. The molecule has 2 aromatic heterocycles. The zero-order valence-electron chi connectivity index (χ0n) is 15.7. The van der Waals surface area contributed by atoms with E-state index in [9.17, 15) is 4.79 Å². The minimum absolute atomic E-state index is 0.239. The predicted octanol–water partition coefficient (Wildman–Crippen LogP) is 2.34. The van der Waals surface area contributed by atoms with Gasteiger partial charge < -0.3 is 10.2 Å². The molecule has 0 bridgehead atoms. The van der Waals surface area contributed by atoms with Gasteiger partial charge in [0.05, 0.1) is 11.6 Å². The van der Waals surface area contributed by atoms with Crippen LogP contribution < -0.4 is 10.2 Å². The summed E-state index contributed by atoms with van der Waals surface area (Å²) in [7, 11) is 1.91. The first-order valence-electron chi connectivity index (χ1n) is 9.81. The Labute approximate surface area is 154 Å². The van der Waals surface area contributed by atoms with Crippen molar-refractivity contribution in [3.05, 3.63) is 12.0 Å². The van der Waals surface area contributed by atoms with Gasteiger partial charge in [0.25, 0.3) is 0 Å². The van der Waals surface area contributed by atoms with E-state index in [1.807, 2.05) is 20.2 Å². The van der Waals surface area contributed by atoms with Crippen molar-refractivity contribution in [2.75, 3.05) is 18.0 Å². The van der Waals surface area contributed by atoms with Gasteiger partial charge >= 0.3 is 0 Å². The topological polar surface area (TPSA) is 75.9 Å². The van der Waals surface area contributed by atoms with E-state index in [1.165, 1.54) is 12.8 Å². The van der Waals surface area contributed by atoms with Gasteiger partial charge in [-0.25, -0.2) is 9.97 Å². The second-order valence-corrected chi connectivity index (χ2v) is 7.78. The lowest BCUT2D eigenvalue weighted by Gasteiger charge is -2.33. The van der Waals surface area contributed by atoms with Crippen LogP contribution in [0, 0.1) is 12.8 Å². The molecule has 2 fully saturated rings. The van der Waals surface area contributed by atoms with Gasteiger partial charge in [-0.2, -0.15) is 5.10 Å². The normalized spacial score (nSPS) is 19.4. The SMILES string of the molecule is Cc1nc(N2CCC(CC(=O)NC3CCCC3)CC2)c2cnn(C)c2n1. The molecule has 140 valence electrons. The van der Waals surface area contributed by atoms with Crippen LogP contribution >= 0.6 is 0 Å². The Kier molecular flexibility index (Phi) is 4.78. The highest BCUT2D eigenvalue weighted by molar-refractivity contribution is 5.87. The average molecular weight is 356 g/mol. The molecule has 3 heterocycles. The van der Waals surface area contributed by atoms with Crippen molar-refractivity contribution in [2.24, 2.45) is 13.0 Å². The number of nitrogens with one attached hydrogen (secondary N) is 1. The third-order valence-corrected chi connectivity index (χ3v) is 5.79. The zero-order chi connectivity index (χ0) is 18.1. The van der Waals surface area contributed by atoms with E-state index < -0.39 is 0 Å². The van der Waals surface area contributed by atoms with E-state index in [0.717, 1.165) is 61.4 Å². The van der Waals surface area contributed by atoms with Crippen LogP contribution in [0.15, 0.2) is 6.20 Å². The number of rotatable bonds is 4. The van der Waals surface area contributed by atoms with Crippen molar-refractivity contribution in [3.63, 3.8) is 0 Å². The highest BCUT2D eigenvalue weighted by atomic mass is 16.1. The molecule has 1 saturated carbocycles. The van der Waals surface area contributed by atoms with Gasteiger partial charge in [0.15, 0.2) is 5.65 Å². The zero-order valence-corrected chi connectivity index (χ0v) is 15.7. The van der Waals surface area contributed by atoms with E-state index >= 15 is 0 Å². The molecular weight excluding hydrogens is 328 g/mol. The second-order valence-electron chi connectivity index (χ2n) is 7.78. The fourth-order valence-electron chi connectivity index (χ4n) is 4.32. The van der Waals surface area contributed by atoms with Crippen LogP contribution in [0.3, 0.4) is 0 Å². The van der Waals surface area contributed by atoms with Crippen molar-refractivity contribution in [3.8, 4) is 0 Å². The van der Waals surface area contributed by atoms with Gasteiger partial charge in [-0.05, 0) is 38.5 Å². The molecule has 7 nitrogen and oxygen atoms in total. The standard InChI is InChI=1S/C19H28N6O/c1-13-21-18-16(12-20-24(18)2)19(22-13)25-9-7-14(8-10-25)11-17(26)23-15-5-3-4-6-15/h12,14-15H,3-11H2,1-2H3,(H,23,26). The number of carbonyl (C=O) groups is 1. The Morgan fingerprint density at radius 2 is 1.92 bits per heavy atom. The van der Waals surface area contributed by atoms with Gasteiger partial charge in [-0.15, -0.1) is 0 Å². The molecule has 26 heavy (non-hydrogen) atoms. The van der Waals surface area contributed by atoms with E-state index in [0.29, 0.717) is 18.4 Å². The van der Waals surface area contributed by atoms with Crippen LogP contribution in [0.2, 0.25) is 0 Å². The number of aryl methyl sites for hydroxylation is 2. The fraction of sp³-hybridized carbons (Fsp3) is 0.684. The maximum atomic E-state index is 12.3. The summed E-state index contributed by atoms with van der Waals surface area (Å²) in [6.07, 6.45) is 9.39. The largest absolute Gasteiger partial charge is 0.356 e. The molecular formula is C19H28N6O. The third-order valence-electron chi connectivity index (χ3n) is 5.79. The number of hydrogen-bond donors (Lipinski definition) is 1. The molecule has 7 heteroatoms.